The van der Waals surface area contributed by atoms with E-state index in [1.54, 1.807) is 11.3 Å². The van der Waals surface area contributed by atoms with Crippen molar-refractivity contribution in [2.24, 2.45) is 0 Å². The van der Waals surface area contributed by atoms with Crippen molar-refractivity contribution in [1.29, 1.82) is 0 Å². The van der Waals surface area contributed by atoms with Crippen LogP contribution in [0, 0.1) is 0 Å². The molecule has 0 saturated carbocycles. The van der Waals surface area contributed by atoms with E-state index < -0.39 is 0 Å². The summed E-state index contributed by atoms with van der Waals surface area (Å²) in [7, 11) is 1.99. The van der Waals surface area contributed by atoms with Crippen LogP contribution in [0.25, 0.3) is 0 Å². The van der Waals surface area contributed by atoms with Crippen LogP contribution < -0.4 is 10.1 Å². The molecule has 84 valence electrons. The molecule has 2 N–H and O–H groups in total. The predicted octanol–water partition coefficient (Wildman–Crippen LogP) is 1.36. The summed E-state index contributed by atoms with van der Waals surface area (Å²) in [4.78, 5) is 9.72. The Morgan fingerprint density at radius 2 is 2.40 bits per heavy atom. The quantitative estimate of drug-likeness (QED) is 0.714. The average molecular weight is 229 g/mol. The van der Waals surface area contributed by atoms with Gasteiger partial charge < -0.3 is 15.2 Å². The number of ether oxygens (including phenoxy) is 1. The Kier molecular flexibility index (Phi) is 4.11. The molecule has 4 nitrogen and oxygen atoms in total. The van der Waals surface area contributed by atoms with Crippen LogP contribution >= 0.6 is 11.3 Å². The Balaban J connectivity index is 0.000000337. The second-order valence-electron chi connectivity index (χ2n) is 3.59. The summed E-state index contributed by atoms with van der Waals surface area (Å²) in [6, 6.07) is 2.05. The van der Waals surface area contributed by atoms with Gasteiger partial charge in [-0.15, -0.1) is 11.3 Å². The van der Waals surface area contributed by atoms with Crippen molar-refractivity contribution >= 4 is 17.8 Å². The molecule has 1 aromatic heterocycles. The molecule has 15 heavy (non-hydrogen) atoms. The van der Waals surface area contributed by atoms with Crippen molar-refractivity contribution in [2.45, 2.75) is 18.9 Å². The number of carbonyl (C=O) groups is 1. The number of nitrogens with one attached hydrogen (secondary N) is 1. The normalized spacial score (nSPS) is 23.1. The molecular weight excluding hydrogens is 214 g/mol. The van der Waals surface area contributed by atoms with Crippen molar-refractivity contribution in [3.8, 4) is 5.75 Å². The van der Waals surface area contributed by atoms with E-state index in [1.807, 2.05) is 7.05 Å². The summed E-state index contributed by atoms with van der Waals surface area (Å²) in [6.45, 7) is 2.71. The Bertz CT molecular complexity index is 326. The molecule has 1 aromatic rings. The van der Waals surface area contributed by atoms with Gasteiger partial charge in [-0.25, -0.2) is 0 Å². The zero-order valence-electron chi connectivity index (χ0n) is 8.82. The van der Waals surface area contributed by atoms with E-state index in [2.05, 4.69) is 23.7 Å². The minimum Gasteiger partial charge on any atom is -0.491 e. The molecule has 0 saturated heterocycles. The first kappa shape index (κ1) is 12.0. The first-order chi connectivity index (χ1) is 7.15. The van der Waals surface area contributed by atoms with Crippen molar-refractivity contribution in [3.05, 3.63) is 16.3 Å². The van der Waals surface area contributed by atoms with Crippen LogP contribution in [0.1, 0.15) is 11.8 Å². The molecule has 0 radical (unpaired) electrons. The zero-order chi connectivity index (χ0) is 11.3. The molecule has 5 heteroatoms. The summed E-state index contributed by atoms with van der Waals surface area (Å²) >= 11 is 1.78. The first-order valence-corrected chi connectivity index (χ1v) is 5.49. The van der Waals surface area contributed by atoms with Gasteiger partial charge in [-0.3, -0.25) is 4.79 Å². The minimum absolute atomic E-state index is 0.123. The summed E-state index contributed by atoms with van der Waals surface area (Å²) in [5.74, 6) is 1.08. The van der Waals surface area contributed by atoms with Crippen molar-refractivity contribution in [2.75, 3.05) is 13.7 Å². The molecule has 2 rings (SSSR count). The van der Waals surface area contributed by atoms with Gasteiger partial charge >= 0.3 is 0 Å². The lowest BCUT2D eigenvalue weighted by molar-refractivity contribution is -0.122. The van der Waals surface area contributed by atoms with Crippen LogP contribution in [-0.2, 0) is 11.2 Å². The molecule has 0 amide bonds. The van der Waals surface area contributed by atoms with Gasteiger partial charge in [0.1, 0.15) is 12.4 Å². The maximum atomic E-state index is 8.36. The molecule has 0 bridgehead atoms. The van der Waals surface area contributed by atoms with Crippen LogP contribution in [0.4, 0.5) is 0 Å². The van der Waals surface area contributed by atoms with Crippen LogP contribution in [0.5, 0.6) is 5.75 Å². The molecule has 0 aromatic carbocycles. The lowest BCUT2D eigenvalue weighted by Gasteiger charge is -2.32. The third-order valence-electron chi connectivity index (χ3n) is 2.41. The van der Waals surface area contributed by atoms with E-state index in [0.29, 0.717) is 0 Å². The Labute approximate surface area is 92.9 Å². The fourth-order valence-electron chi connectivity index (χ4n) is 1.39. The zero-order valence-corrected chi connectivity index (χ0v) is 9.63. The Hall–Kier alpha value is -1.07. The molecule has 0 fully saturated rings. The molecular formula is C10H15NO3S. The van der Waals surface area contributed by atoms with Gasteiger partial charge in [0, 0.05) is 11.3 Å². The maximum Gasteiger partial charge on any atom is 0.290 e. The van der Waals surface area contributed by atoms with Gasteiger partial charge in [0.05, 0.1) is 5.54 Å². The molecule has 1 unspecified atom stereocenters. The molecule has 1 aliphatic heterocycles. The lowest BCUT2D eigenvalue weighted by Crippen LogP contribution is -2.49. The van der Waals surface area contributed by atoms with E-state index in [-0.39, 0.29) is 12.0 Å². The number of hydrogen-bond donors (Lipinski definition) is 2. The SMILES string of the molecule is CNC1(C)COc2ccsc2C1.O=CO. The number of hydrogen-bond acceptors (Lipinski definition) is 4. The molecule has 1 aliphatic rings. The lowest BCUT2D eigenvalue weighted by atomic mass is 9.96. The van der Waals surface area contributed by atoms with Crippen LogP contribution in [0.2, 0.25) is 0 Å². The second-order valence-corrected chi connectivity index (χ2v) is 4.59. The van der Waals surface area contributed by atoms with E-state index in [4.69, 9.17) is 14.6 Å². The summed E-state index contributed by atoms with van der Waals surface area (Å²) in [6.07, 6.45) is 1.08. The maximum absolute atomic E-state index is 8.36. The monoisotopic (exact) mass is 229 g/mol. The minimum atomic E-state index is -0.250. The van der Waals surface area contributed by atoms with E-state index in [9.17, 15) is 0 Å². The third kappa shape index (κ3) is 2.94. The van der Waals surface area contributed by atoms with Crippen LogP contribution in [0.3, 0.4) is 0 Å². The fourth-order valence-corrected chi connectivity index (χ4v) is 2.39. The van der Waals surface area contributed by atoms with Gasteiger partial charge in [0.2, 0.25) is 0 Å². The smallest absolute Gasteiger partial charge is 0.290 e. The van der Waals surface area contributed by atoms with Gasteiger partial charge in [-0.2, -0.15) is 0 Å². The van der Waals surface area contributed by atoms with Gasteiger partial charge in [0.15, 0.2) is 0 Å². The Morgan fingerprint density at radius 3 is 3.00 bits per heavy atom. The second kappa shape index (κ2) is 5.14. The van der Waals surface area contributed by atoms with Crippen molar-refractivity contribution < 1.29 is 14.6 Å². The van der Waals surface area contributed by atoms with Gasteiger partial charge in [-0.1, -0.05) is 0 Å². The number of thiophene rings is 1. The molecule has 2 heterocycles. The van der Waals surface area contributed by atoms with E-state index in [1.165, 1.54) is 4.88 Å². The van der Waals surface area contributed by atoms with Crippen molar-refractivity contribution in [1.82, 2.24) is 5.32 Å². The average Bonchev–Trinajstić information content (AvgIpc) is 2.66. The number of likely N-dealkylation sites (N-methyl/N-ethyl adjacent to an activating group) is 1. The molecule has 0 aliphatic carbocycles. The summed E-state index contributed by atoms with van der Waals surface area (Å²) in [5.41, 5.74) is 0.123. The molecule has 0 spiro atoms. The van der Waals surface area contributed by atoms with E-state index >= 15 is 0 Å². The summed E-state index contributed by atoms with van der Waals surface area (Å²) in [5, 5.41) is 12.3. The highest BCUT2D eigenvalue weighted by molar-refractivity contribution is 7.10. The first-order valence-electron chi connectivity index (χ1n) is 4.61. The van der Waals surface area contributed by atoms with E-state index in [0.717, 1.165) is 18.8 Å². The highest BCUT2D eigenvalue weighted by Crippen LogP contribution is 2.33. The highest BCUT2D eigenvalue weighted by Gasteiger charge is 2.30. The number of rotatable bonds is 1. The number of fused-ring (bicyclic) bond motifs is 1. The molecule has 1 atom stereocenters. The standard InChI is InChI=1S/C9H13NOS.CH2O2/c1-9(10-2)5-8-7(11-6-9)3-4-12-8;2-1-3/h3-4,10H,5-6H2,1-2H3;1H,(H,2,3). The highest BCUT2D eigenvalue weighted by atomic mass is 32.1. The number of carboxylic acid groups (broad SMARTS) is 1. The van der Waals surface area contributed by atoms with Crippen LogP contribution in [0.15, 0.2) is 11.4 Å². The van der Waals surface area contributed by atoms with Gasteiger partial charge in [0.25, 0.3) is 6.47 Å². The van der Waals surface area contributed by atoms with Gasteiger partial charge in [-0.05, 0) is 25.4 Å². The third-order valence-corrected chi connectivity index (χ3v) is 3.31. The fraction of sp³-hybridized carbons (Fsp3) is 0.500. The summed E-state index contributed by atoms with van der Waals surface area (Å²) < 4.78 is 5.62. The topological polar surface area (TPSA) is 58.6 Å². The van der Waals surface area contributed by atoms with Crippen molar-refractivity contribution in [3.63, 3.8) is 0 Å². The predicted molar refractivity (Wildman–Crippen MR) is 59.7 cm³/mol. The largest absolute Gasteiger partial charge is 0.491 e. The Morgan fingerprint density at radius 1 is 1.73 bits per heavy atom. The van der Waals surface area contributed by atoms with Crippen LogP contribution in [-0.4, -0.2) is 30.8 Å².